The molecular formula is C31H32N4O4S. The molecule has 0 radical (unpaired) electrons. The fourth-order valence-corrected chi connectivity index (χ4v) is 4.88. The van der Waals surface area contributed by atoms with Gasteiger partial charge >= 0.3 is 0 Å². The maximum absolute atomic E-state index is 12.5. The van der Waals surface area contributed by atoms with E-state index in [4.69, 9.17) is 9.47 Å². The van der Waals surface area contributed by atoms with Crippen molar-refractivity contribution in [3.8, 4) is 22.6 Å². The van der Waals surface area contributed by atoms with E-state index < -0.39 is 6.04 Å². The van der Waals surface area contributed by atoms with Crippen molar-refractivity contribution in [2.24, 2.45) is 5.18 Å². The van der Waals surface area contributed by atoms with Crippen LogP contribution in [0.3, 0.4) is 0 Å². The molecule has 0 fully saturated rings. The van der Waals surface area contributed by atoms with Crippen LogP contribution in [0.1, 0.15) is 28.9 Å². The molecule has 3 N–H and O–H groups in total. The molecule has 1 atom stereocenters. The quantitative estimate of drug-likeness (QED) is 0.0912. The second-order valence-corrected chi connectivity index (χ2v) is 9.79. The first kappa shape index (κ1) is 28.5. The number of carbonyl (C=O) groups is 1. The van der Waals surface area contributed by atoms with E-state index in [1.165, 1.54) is 11.9 Å². The number of methoxy groups -OCH3 is 2. The number of hydrogen-bond acceptors (Lipinski definition) is 8. The molecule has 0 heterocycles. The van der Waals surface area contributed by atoms with Crippen molar-refractivity contribution >= 4 is 29.2 Å². The molecule has 4 rings (SSSR count). The largest absolute Gasteiger partial charge is 0.496 e. The van der Waals surface area contributed by atoms with Crippen molar-refractivity contribution in [3.05, 3.63) is 107 Å². The summed E-state index contributed by atoms with van der Waals surface area (Å²) < 4.78 is 14.2. The fraction of sp³-hybridized carbons (Fsp3) is 0.194. The van der Waals surface area contributed by atoms with Gasteiger partial charge in [-0.05, 0) is 84.1 Å². The topological polar surface area (TPSA) is 101 Å². The molecule has 0 saturated heterocycles. The number of para-hydroxylation sites is 1. The van der Waals surface area contributed by atoms with Gasteiger partial charge in [0.05, 0.1) is 24.7 Å². The highest BCUT2D eigenvalue weighted by Crippen LogP contribution is 2.35. The van der Waals surface area contributed by atoms with Gasteiger partial charge in [0.25, 0.3) is 5.91 Å². The average molecular weight is 557 g/mol. The van der Waals surface area contributed by atoms with E-state index in [9.17, 15) is 9.70 Å². The maximum Gasteiger partial charge on any atom is 0.255 e. The molecule has 0 saturated carbocycles. The van der Waals surface area contributed by atoms with Crippen LogP contribution in [-0.4, -0.2) is 33.2 Å². The van der Waals surface area contributed by atoms with Crippen LogP contribution in [0.5, 0.6) is 11.5 Å². The molecule has 0 aliphatic carbocycles. The van der Waals surface area contributed by atoms with E-state index in [2.05, 4.69) is 26.6 Å². The minimum atomic E-state index is -0.404. The number of hydrogen-bond donors (Lipinski definition) is 3. The van der Waals surface area contributed by atoms with Crippen molar-refractivity contribution in [2.75, 3.05) is 37.3 Å². The minimum absolute atomic E-state index is 0.177. The second-order valence-electron chi connectivity index (χ2n) is 8.94. The number of nitrogens with one attached hydrogen (secondary N) is 3. The molecule has 0 bridgehead atoms. The van der Waals surface area contributed by atoms with Crippen molar-refractivity contribution in [3.63, 3.8) is 0 Å². The van der Waals surface area contributed by atoms with E-state index in [1.54, 1.807) is 33.3 Å². The smallest absolute Gasteiger partial charge is 0.255 e. The molecule has 4 aromatic rings. The highest BCUT2D eigenvalue weighted by atomic mass is 32.2. The minimum Gasteiger partial charge on any atom is -0.496 e. The van der Waals surface area contributed by atoms with Crippen LogP contribution in [0, 0.1) is 4.91 Å². The van der Waals surface area contributed by atoms with Gasteiger partial charge in [0.15, 0.2) is 0 Å². The highest BCUT2D eigenvalue weighted by molar-refractivity contribution is 8.00. The normalized spacial score (nSPS) is 11.3. The molecule has 8 nitrogen and oxygen atoms in total. The summed E-state index contributed by atoms with van der Waals surface area (Å²) in [6, 6.07) is 28.5. The molecule has 0 aromatic heterocycles. The predicted molar refractivity (Wildman–Crippen MR) is 162 cm³/mol. The lowest BCUT2D eigenvalue weighted by Crippen LogP contribution is -2.29. The molecule has 0 aliphatic heterocycles. The Morgan fingerprint density at radius 2 is 1.57 bits per heavy atom. The first-order chi connectivity index (χ1) is 19.5. The summed E-state index contributed by atoms with van der Waals surface area (Å²) in [5.74, 6) is 1.12. The summed E-state index contributed by atoms with van der Waals surface area (Å²) in [5, 5.41) is 9.40. The Hall–Kier alpha value is -4.50. The van der Waals surface area contributed by atoms with Crippen LogP contribution in [-0.2, 0) is 0 Å². The summed E-state index contributed by atoms with van der Waals surface area (Å²) in [5.41, 5.74) is 5.23. The average Bonchev–Trinajstić information content (AvgIpc) is 3.01. The molecule has 1 unspecified atom stereocenters. The van der Waals surface area contributed by atoms with E-state index >= 15 is 0 Å². The Morgan fingerprint density at radius 1 is 0.825 bits per heavy atom. The number of carbonyl (C=O) groups excluding carboxylic acids is 1. The predicted octanol–water partition coefficient (Wildman–Crippen LogP) is 7.16. The molecule has 0 spiro atoms. The van der Waals surface area contributed by atoms with E-state index in [0.29, 0.717) is 24.4 Å². The monoisotopic (exact) mass is 556 g/mol. The molecule has 206 valence electrons. The molecule has 1 amide bonds. The molecule has 0 aliphatic rings. The SMILES string of the molecule is COc1ccc(-c2cccc(C(C)N=O)c2)cc1SNc1cccc(NCCNC(=O)c2ccccc2OC)c1. The first-order valence-corrected chi connectivity index (χ1v) is 13.6. The van der Waals surface area contributed by atoms with E-state index in [-0.39, 0.29) is 5.91 Å². The number of amides is 1. The van der Waals surface area contributed by atoms with Gasteiger partial charge in [0.1, 0.15) is 17.5 Å². The molecular weight excluding hydrogens is 524 g/mol. The van der Waals surface area contributed by atoms with Crippen LogP contribution < -0.4 is 24.8 Å². The second kappa shape index (κ2) is 14.0. The van der Waals surface area contributed by atoms with Gasteiger partial charge in [-0.3, -0.25) is 4.79 Å². The highest BCUT2D eigenvalue weighted by Gasteiger charge is 2.12. The number of benzene rings is 4. The summed E-state index contributed by atoms with van der Waals surface area (Å²) in [7, 11) is 3.20. The van der Waals surface area contributed by atoms with Crippen molar-refractivity contribution in [1.29, 1.82) is 0 Å². The Kier molecular flexibility index (Phi) is 10.0. The number of rotatable bonds is 13. The van der Waals surface area contributed by atoms with Crippen molar-refractivity contribution < 1.29 is 14.3 Å². The maximum atomic E-state index is 12.5. The van der Waals surface area contributed by atoms with Gasteiger partial charge in [0, 0.05) is 24.5 Å². The first-order valence-electron chi connectivity index (χ1n) is 12.8. The summed E-state index contributed by atoms with van der Waals surface area (Å²) in [6.07, 6.45) is 0. The summed E-state index contributed by atoms with van der Waals surface area (Å²) >= 11 is 1.45. The number of nitroso groups, excluding NO2 is 1. The van der Waals surface area contributed by atoms with Crippen molar-refractivity contribution in [1.82, 2.24) is 5.32 Å². The third-order valence-corrected chi connectivity index (χ3v) is 7.13. The number of nitrogens with zero attached hydrogens (tertiary/aromatic N) is 1. The van der Waals surface area contributed by atoms with Gasteiger partial charge in [-0.15, -0.1) is 0 Å². The van der Waals surface area contributed by atoms with Crippen LogP contribution in [0.4, 0.5) is 11.4 Å². The Balaban J connectivity index is 1.36. The van der Waals surface area contributed by atoms with E-state index in [0.717, 1.165) is 38.7 Å². The van der Waals surface area contributed by atoms with Crippen LogP contribution in [0.15, 0.2) is 101 Å². The van der Waals surface area contributed by atoms with Gasteiger partial charge in [-0.1, -0.05) is 47.6 Å². The zero-order valence-corrected chi connectivity index (χ0v) is 23.5. The summed E-state index contributed by atoms with van der Waals surface area (Å²) in [6.45, 7) is 2.80. The zero-order chi connectivity index (χ0) is 28.3. The third kappa shape index (κ3) is 7.33. The van der Waals surface area contributed by atoms with Gasteiger partial charge < -0.3 is 24.8 Å². The van der Waals surface area contributed by atoms with Gasteiger partial charge in [-0.2, -0.15) is 4.91 Å². The standard InChI is InChI=1S/C31H32N4O4S/c1-21(34-37)22-8-6-9-23(18-22)24-14-15-29(39-3)30(19-24)40-35-26-11-7-10-25(20-26)32-16-17-33-31(36)27-12-4-5-13-28(27)38-2/h4-15,18-21,32,35H,16-17H2,1-3H3,(H,33,36). The lowest BCUT2D eigenvalue weighted by molar-refractivity contribution is 0.0952. The van der Waals surface area contributed by atoms with Crippen LogP contribution in [0.25, 0.3) is 11.1 Å². The van der Waals surface area contributed by atoms with Gasteiger partial charge in [0.2, 0.25) is 0 Å². The lowest BCUT2D eigenvalue weighted by atomic mass is 10.0. The van der Waals surface area contributed by atoms with Crippen molar-refractivity contribution in [2.45, 2.75) is 17.9 Å². The molecule has 4 aromatic carbocycles. The molecule has 9 heteroatoms. The zero-order valence-electron chi connectivity index (χ0n) is 22.6. The Morgan fingerprint density at radius 3 is 2.38 bits per heavy atom. The molecule has 40 heavy (non-hydrogen) atoms. The number of ether oxygens (including phenoxy) is 2. The van der Waals surface area contributed by atoms with Crippen LogP contribution in [0.2, 0.25) is 0 Å². The number of anilines is 2. The van der Waals surface area contributed by atoms with Crippen LogP contribution >= 0.6 is 11.9 Å². The van der Waals surface area contributed by atoms with Gasteiger partial charge in [-0.25, -0.2) is 0 Å². The Labute approximate surface area is 238 Å². The summed E-state index contributed by atoms with van der Waals surface area (Å²) in [4.78, 5) is 24.4. The Bertz CT molecular complexity index is 1460. The lowest BCUT2D eigenvalue weighted by Gasteiger charge is -2.14. The fourth-order valence-electron chi connectivity index (χ4n) is 4.09. The van der Waals surface area contributed by atoms with E-state index in [1.807, 2.05) is 72.8 Å². The third-order valence-electron chi connectivity index (χ3n) is 6.26.